The van der Waals surface area contributed by atoms with E-state index in [4.69, 9.17) is 18.6 Å². The van der Waals surface area contributed by atoms with E-state index in [1.165, 1.54) is 0 Å². The number of nitrogens with one attached hydrogen (secondary N) is 1. The minimum atomic E-state index is -0.620. The first-order valence-electron chi connectivity index (χ1n) is 9.86. The summed E-state index contributed by atoms with van der Waals surface area (Å²) in [5.74, 6) is 0.589. The van der Waals surface area contributed by atoms with Crippen LogP contribution in [-0.2, 0) is 9.53 Å². The van der Waals surface area contributed by atoms with E-state index in [-0.39, 0.29) is 11.6 Å². The van der Waals surface area contributed by atoms with Crippen molar-refractivity contribution in [2.45, 2.75) is 26.8 Å². The van der Waals surface area contributed by atoms with Crippen molar-refractivity contribution in [1.29, 1.82) is 0 Å². The maximum absolute atomic E-state index is 12.3. The predicted octanol–water partition coefficient (Wildman–Crippen LogP) is 4.26. The molecule has 0 aliphatic rings. The fraction of sp³-hybridized carbons (Fsp3) is 0.304. The molecule has 0 aliphatic carbocycles. The monoisotopic (exact) mass is 411 g/mol. The smallest absolute Gasteiger partial charge is 0.338 e. The second-order valence-corrected chi connectivity index (χ2v) is 6.58. The summed E-state index contributed by atoms with van der Waals surface area (Å²) in [7, 11) is 0. The molecule has 0 radical (unpaired) electrons. The van der Waals surface area contributed by atoms with Crippen LogP contribution in [0.4, 0.5) is 0 Å². The summed E-state index contributed by atoms with van der Waals surface area (Å²) in [6, 6.07) is 13.9. The maximum atomic E-state index is 12.3. The highest BCUT2D eigenvalue weighted by Crippen LogP contribution is 2.29. The number of carbonyl (C=O) groups excluding carboxylic acids is 2. The van der Waals surface area contributed by atoms with Gasteiger partial charge in [-0.15, -0.1) is 0 Å². The Bertz CT molecular complexity index is 992. The van der Waals surface area contributed by atoms with Gasteiger partial charge >= 0.3 is 5.97 Å². The molecule has 3 aromatic rings. The molecular weight excluding hydrogens is 386 g/mol. The van der Waals surface area contributed by atoms with Crippen molar-refractivity contribution >= 4 is 22.8 Å². The number of benzene rings is 2. The second-order valence-electron chi connectivity index (χ2n) is 6.58. The third kappa shape index (κ3) is 5.11. The third-order valence-corrected chi connectivity index (χ3v) is 4.36. The number of esters is 1. The van der Waals surface area contributed by atoms with Crippen LogP contribution in [0.1, 0.15) is 42.9 Å². The number of amides is 1. The van der Waals surface area contributed by atoms with Gasteiger partial charge in [0.1, 0.15) is 11.3 Å². The Balaban J connectivity index is 1.57. The van der Waals surface area contributed by atoms with Gasteiger partial charge in [0.25, 0.3) is 5.91 Å². The maximum Gasteiger partial charge on any atom is 0.338 e. The topological polar surface area (TPSA) is 87.0 Å². The minimum Gasteiger partial charge on any atom is -0.490 e. The molecule has 0 saturated carbocycles. The minimum absolute atomic E-state index is 0.278. The first-order valence-corrected chi connectivity index (χ1v) is 9.86. The average Bonchev–Trinajstić information content (AvgIpc) is 3.18. The molecule has 3 rings (SSSR count). The highest BCUT2D eigenvalue weighted by atomic mass is 16.5. The number of hydrogen-bond donors (Lipinski definition) is 1. The van der Waals surface area contributed by atoms with Crippen LogP contribution in [0.25, 0.3) is 11.0 Å². The number of ether oxygens (including phenoxy) is 3. The normalized spacial score (nSPS) is 11.7. The molecule has 1 amide bonds. The van der Waals surface area contributed by atoms with Crippen molar-refractivity contribution < 1.29 is 28.2 Å². The van der Waals surface area contributed by atoms with Gasteiger partial charge in [-0.2, -0.15) is 0 Å². The molecule has 1 atom stereocenters. The Kier molecular flexibility index (Phi) is 6.95. The van der Waals surface area contributed by atoms with Crippen molar-refractivity contribution in [3.05, 3.63) is 59.9 Å². The number of furan rings is 1. The molecule has 0 bridgehead atoms. The van der Waals surface area contributed by atoms with Crippen molar-refractivity contribution in [2.75, 3.05) is 19.8 Å². The SMILES string of the molecule is CCOc1ccc(C(=O)OCC(=O)N[C@H](C)c2cc3ccccc3o2)cc1OCC. The van der Waals surface area contributed by atoms with E-state index >= 15 is 0 Å². The van der Waals surface area contributed by atoms with Gasteiger partial charge in [0.2, 0.25) is 0 Å². The van der Waals surface area contributed by atoms with Crippen molar-refractivity contribution in [2.24, 2.45) is 0 Å². The van der Waals surface area contributed by atoms with Crippen LogP contribution >= 0.6 is 0 Å². The van der Waals surface area contributed by atoms with Crippen LogP contribution < -0.4 is 14.8 Å². The number of hydrogen-bond acceptors (Lipinski definition) is 6. The number of rotatable bonds is 9. The summed E-state index contributed by atoms with van der Waals surface area (Å²) in [5.41, 5.74) is 1.03. The molecule has 7 heteroatoms. The zero-order valence-corrected chi connectivity index (χ0v) is 17.3. The fourth-order valence-electron chi connectivity index (χ4n) is 2.96. The molecule has 1 N–H and O–H groups in total. The number of fused-ring (bicyclic) bond motifs is 1. The van der Waals surface area contributed by atoms with Crippen LogP contribution in [0.15, 0.2) is 52.9 Å². The quantitative estimate of drug-likeness (QED) is 0.529. The summed E-state index contributed by atoms with van der Waals surface area (Å²) < 4.78 is 21.9. The summed E-state index contributed by atoms with van der Waals surface area (Å²) in [6.45, 7) is 6.02. The van der Waals surface area contributed by atoms with E-state index < -0.39 is 18.5 Å². The lowest BCUT2D eigenvalue weighted by molar-refractivity contribution is -0.125. The average molecular weight is 411 g/mol. The van der Waals surface area contributed by atoms with E-state index in [9.17, 15) is 9.59 Å². The zero-order chi connectivity index (χ0) is 21.5. The lowest BCUT2D eigenvalue weighted by atomic mass is 10.2. The lowest BCUT2D eigenvalue weighted by Gasteiger charge is -2.13. The van der Waals surface area contributed by atoms with Gasteiger partial charge in [-0.1, -0.05) is 18.2 Å². The van der Waals surface area contributed by atoms with E-state index in [1.807, 2.05) is 44.2 Å². The Morgan fingerprint density at radius 2 is 1.73 bits per heavy atom. The van der Waals surface area contributed by atoms with Crippen LogP contribution in [0.2, 0.25) is 0 Å². The zero-order valence-electron chi connectivity index (χ0n) is 17.3. The summed E-state index contributed by atoms with van der Waals surface area (Å²) in [5, 5.41) is 3.73. The van der Waals surface area contributed by atoms with Gasteiger partial charge < -0.3 is 23.9 Å². The van der Waals surface area contributed by atoms with Gasteiger partial charge in [0.05, 0.1) is 24.8 Å². The Morgan fingerprint density at radius 1 is 1.00 bits per heavy atom. The largest absolute Gasteiger partial charge is 0.490 e. The molecule has 2 aromatic carbocycles. The first-order chi connectivity index (χ1) is 14.5. The van der Waals surface area contributed by atoms with E-state index in [0.717, 1.165) is 11.0 Å². The van der Waals surface area contributed by atoms with Crippen LogP contribution in [0.3, 0.4) is 0 Å². The van der Waals surface area contributed by atoms with Gasteiger partial charge in [0, 0.05) is 5.39 Å². The van der Waals surface area contributed by atoms with E-state index in [2.05, 4.69) is 5.32 Å². The van der Waals surface area contributed by atoms with Crippen molar-refractivity contribution in [1.82, 2.24) is 5.32 Å². The molecule has 30 heavy (non-hydrogen) atoms. The van der Waals surface area contributed by atoms with Crippen LogP contribution in [0, 0.1) is 0 Å². The standard InChI is InChI=1S/C23H25NO6/c1-4-27-19-11-10-17(13-21(19)28-5-2)23(26)29-14-22(25)24-15(3)20-12-16-8-6-7-9-18(16)30-20/h6-13,15H,4-5,14H2,1-3H3,(H,24,25)/t15-/m1/s1. The highest BCUT2D eigenvalue weighted by Gasteiger charge is 2.17. The summed E-state index contributed by atoms with van der Waals surface area (Å²) in [6.07, 6.45) is 0. The molecule has 0 saturated heterocycles. The predicted molar refractivity (Wildman–Crippen MR) is 112 cm³/mol. The molecule has 0 fully saturated rings. The number of carbonyl (C=O) groups is 2. The fourth-order valence-corrected chi connectivity index (χ4v) is 2.96. The van der Waals surface area contributed by atoms with Gasteiger partial charge in [-0.3, -0.25) is 4.79 Å². The molecule has 0 unspecified atom stereocenters. The van der Waals surface area contributed by atoms with Crippen LogP contribution in [-0.4, -0.2) is 31.7 Å². The first kappa shape index (κ1) is 21.2. The molecule has 158 valence electrons. The van der Waals surface area contributed by atoms with Crippen LogP contribution in [0.5, 0.6) is 11.5 Å². The number of para-hydroxylation sites is 1. The third-order valence-electron chi connectivity index (χ3n) is 4.36. The lowest BCUT2D eigenvalue weighted by Crippen LogP contribution is -2.31. The molecule has 7 nitrogen and oxygen atoms in total. The molecule has 0 spiro atoms. The summed E-state index contributed by atoms with van der Waals surface area (Å²) >= 11 is 0. The Labute approximate surface area is 174 Å². The van der Waals surface area contributed by atoms with Crippen molar-refractivity contribution in [3.63, 3.8) is 0 Å². The highest BCUT2D eigenvalue weighted by molar-refractivity contribution is 5.92. The Morgan fingerprint density at radius 3 is 2.47 bits per heavy atom. The molecule has 0 aliphatic heterocycles. The summed E-state index contributed by atoms with van der Waals surface area (Å²) in [4.78, 5) is 24.5. The molecular formula is C23H25NO6. The van der Waals surface area contributed by atoms with Gasteiger partial charge in [-0.25, -0.2) is 4.79 Å². The molecule has 1 heterocycles. The Hall–Kier alpha value is -3.48. The second kappa shape index (κ2) is 9.82. The van der Waals surface area contributed by atoms with E-state index in [0.29, 0.717) is 30.5 Å². The van der Waals surface area contributed by atoms with E-state index in [1.54, 1.807) is 25.1 Å². The van der Waals surface area contributed by atoms with Crippen molar-refractivity contribution in [3.8, 4) is 11.5 Å². The van der Waals surface area contributed by atoms with Gasteiger partial charge in [0.15, 0.2) is 18.1 Å². The van der Waals surface area contributed by atoms with Gasteiger partial charge in [-0.05, 0) is 51.1 Å². The molecule has 1 aromatic heterocycles.